The zero-order valence-electron chi connectivity index (χ0n) is 7.11. The Morgan fingerprint density at radius 1 is 1.31 bits per heavy atom. The molecule has 0 saturated carbocycles. The smallest absolute Gasteiger partial charge is 0.189 e. The van der Waals surface area contributed by atoms with E-state index < -0.39 is 17.8 Å². The Bertz CT molecular complexity index is 264. The van der Waals surface area contributed by atoms with E-state index in [1.807, 2.05) is 6.07 Å². The van der Waals surface area contributed by atoms with Crippen LogP contribution in [0.15, 0.2) is 35.2 Å². The topological polar surface area (TPSA) is 26.3 Å². The highest BCUT2D eigenvalue weighted by Crippen LogP contribution is 2.06. The van der Waals surface area contributed by atoms with Crippen molar-refractivity contribution >= 4 is 11.1 Å². The Labute approximate surface area is 79.4 Å². The maximum absolute atomic E-state index is 11.7. The van der Waals surface area contributed by atoms with Crippen molar-refractivity contribution in [1.82, 2.24) is 0 Å². The normalized spacial score (nSPS) is 12.7. The molecule has 0 saturated heterocycles. The van der Waals surface area contributed by atoms with Gasteiger partial charge in [-0.3, -0.25) is 8.57 Å². The van der Waals surface area contributed by atoms with Gasteiger partial charge in [-0.2, -0.15) is 0 Å². The molecule has 0 heterocycles. The molecular formula is C9H11FO2S. The summed E-state index contributed by atoms with van der Waals surface area (Å²) in [6.07, 6.45) is 0.290. The molecule has 0 aromatic heterocycles. The first-order chi connectivity index (χ1) is 6.34. The molecule has 0 spiro atoms. The molecular weight excluding hydrogens is 191 g/mol. The molecule has 0 bridgehead atoms. The third-order valence-electron chi connectivity index (χ3n) is 1.40. The summed E-state index contributed by atoms with van der Waals surface area (Å²) in [5.41, 5.74) is 0. The fourth-order valence-electron chi connectivity index (χ4n) is 0.789. The van der Waals surface area contributed by atoms with Gasteiger partial charge in [0.05, 0.1) is 18.2 Å². The van der Waals surface area contributed by atoms with Gasteiger partial charge in [-0.15, -0.1) is 0 Å². The molecule has 0 N–H and O–H groups in total. The van der Waals surface area contributed by atoms with Gasteiger partial charge in [-0.05, 0) is 12.1 Å². The predicted molar refractivity (Wildman–Crippen MR) is 49.4 cm³/mol. The molecule has 72 valence electrons. The van der Waals surface area contributed by atoms with E-state index in [9.17, 15) is 8.60 Å². The van der Waals surface area contributed by atoms with Crippen molar-refractivity contribution in [3.63, 3.8) is 0 Å². The first-order valence-electron chi connectivity index (χ1n) is 4.00. The molecule has 0 aliphatic heterocycles. The monoisotopic (exact) mass is 202 g/mol. The van der Waals surface area contributed by atoms with E-state index in [2.05, 4.69) is 0 Å². The second-order valence-electron chi connectivity index (χ2n) is 2.41. The summed E-state index contributed by atoms with van der Waals surface area (Å²) in [6, 6.07) is 8.83. The Morgan fingerprint density at radius 2 is 2.00 bits per heavy atom. The fraction of sp³-hybridized carbons (Fsp3) is 0.333. The molecule has 1 unspecified atom stereocenters. The lowest BCUT2D eigenvalue weighted by molar-refractivity contribution is 0.313. The van der Waals surface area contributed by atoms with E-state index in [1.54, 1.807) is 24.3 Å². The molecule has 1 atom stereocenters. The molecule has 0 radical (unpaired) electrons. The third kappa shape index (κ3) is 3.65. The number of alkyl halides is 1. The van der Waals surface area contributed by atoms with E-state index in [4.69, 9.17) is 4.18 Å². The van der Waals surface area contributed by atoms with E-state index in [-0.39, 0.29) is 6.61 Å². The van der Waals surface area contributed by atoms with Crippen LogP contribution >= 0.6 is 0 Å². The molecule has 13 heavy (non-hydrogen) atoms. The van der Waals surface area contributed by atoms with Gasteiger partial charge in [0.15, 0.2) is 11.1 Å². The Hall–Kier alpha value is -0.740. The van der Waals surface area contributed by atoms with Gasteiger partial charge in [0.1, 0.15) is 0 Å². The van der Waals surface area contributed by atoms with E-state index in [0.717, 1.165) is 0 Å². The van der Waals surface area contributed by atoms with Gasteiger partial charge >= 0.3 is 0 Å². The number of rotatable bonds is 5. The van der Waals surface area contributed by atoms with Crippen molar-refractivity contribution in [2.24, 2.45) is 0 Å². The lowest BCUT2D eigenvalue weighted by Gasteiger charge is -2.00. The van der Waals surface area contributed by atoms with Crippen molar-refractivity contribution in [1.29, 1.82) is 0 Å². The maximum atomic E-state index is 11.7. The minimum atomic E-state index is -1.45. The summed E-state index contributed by atoms with van der Waals surface area (Å²) in [4.78, 5) is 0.612. The predicted octanol–water partition coefficient (Wildman–Crippen LogP) is 2.09. The molecule has 1 aromatic carbocycles. The molecule has 0 fully saturated rings. The second-order valence-corrected chi connectivity index (χ2v) is 3.59. The molecule has 0 aliphatic carbocycles. The number of hydrogen-bond acceptors (Lipinski definition) is 2. The van der Waals surface area contributed by atoms with Gasteiger partial charge in [-0.25, -0.2) is 4.21 Å². The standard InChI is InChI=1S/C9H11FO2S/c10-7-4-8-12-13(11)9-5-2-1-3-6-9/h1-3,5-6H,4,7-8H2. The SMILES string of the molecule is O=S(OCCCF)c1ccccc1. The van der Waals surface area contributed by atoms with Gasteiger partial charge in [0, 0.05) is 6.42 Å². The van der Waals surface area contributed by atoms with Crippen LogP contribution in [0.3, 0.4) is 0 Å². The third-order valence-corrected chi connectivity index (χ3v) is 2.44. The van der Waals surface area contributed by atoms with Gasteiger partial charge in [0.25, 0.3) is 0 Å². The zero-order chi connectivity index (χ0) is 9.52. The van der Waals surface area contributed by atoms with Gasteiger partial charge < -0.3 is 0 Å². The Kier molecular flexibility index (Phi) is 4.64. The Balaban J connectivity index is 2.40. The lowest BCUT2D eigenvalue weighted by Crippen LogP contribution is -2.00. The van der Waals surface area contributed by atoms with Crippen molar-refractivity contribution < 1.29 is 12.8 Å². The fourth-order valence-corrected chi connectivity index (χ4v) is 1.57. The highest BCUT2D eigenvalue weighted by molar-refractivity contribution is 7.80. The summed E-state index contributed by atoms with van der Waals surface area (Å²) >= 11 is -1.45. The largest absolute Gasteiger partial charge is 0.287 e. The molecule has 1 aromatic rings. The van der Waals surface area contributed by atoms with Crippen LogP contribution in [0.2, 0.25) is 0 Å². The van der Waals surface area contributed by atoms with Gasteiger partial charge in [0.2, 0.25) is 0 Å². The zero-order valence-corrected chi connectivity index (χ0v) is 7.93. The van der Waals surface area contributed by atoms with Gasteiger partial charge in [-0.1, -0.05) is 18.2 Å². The van der Waals surface area contributed by atoms with Crippen LogP contribution in [0.5, 0.6) is 0 Å². The molecule has 4 heteroatoms. The first-order valence-corrected chi connectivity index (χ1v) is 5.08. The first kappa shape index (κ1) is 10.3. The van der Waals surface area contributed by atoms with Crippen molar-refractivity contribution in [3.8, 4) is 0 Å². The van der Waals surface area contributed by atoms with Crippen LogP contribution < -0.4 is 0 Å². The summed E-state index contributed by atoms with van der Waals surface area (Å²) in [7, 11) is 0. The summed E-state index contributed by atoms with van der Waals surface area (Å²) in [5, 5.41) is 0. The average Bonchev–Trinajstić information content (AvgIpc) is 2.19. The molecule has 0 aliphatic rings. The van der Waals surface area contributed by atoms with Crippen LogP contribution in [-0.2, 0) is 15.3 Å². The molecule has 1 rings (SSSR count). The lowest BCUT2D eigenvalue weighted by atomic mass is 10.4. The van der Waals surface area contributed by atoms with Crippen LogP contribution in [-0.4, -0.2) is 17.5 Å². The highest BCUT2D eigenvalue weighted by atomic mass is 32.2. The van der Waals surface area contributed by atoms with Crippen LogP contribution in [0.25, 0.3) is 0 Å². The molecule has 2 nitrogen and oxygen atoms in total. The Morgan fingerprint density at radius 3 is 2.62 bits per heavy atom. The summed E-state index contributed by atoms with van der Waals surface area (Å²) in [5.74, 6) is 0. The number of halogens is 1. The highest BCUT2D eigenvalue weighted by Gasteiger charge is 2.02. The summed E-state index contributed by atoms with van der Waals surface area (Å²) in [6.45, 7) is -0.246. The quantitative estimate of drug-likeness (QED) is 0.683. The number of benzene rings is 1. The average molecular weight is 202 g/mol. The van der Waals surface area contributed by atoms with E-state index in [0.29, 0.717) is 11.3 Å². The maximum Gasteiger partial charge on any atom is 0.189 e. The van der Waals surface area contributed by atoms with Crippen molar-refractivity contribution in [3.05, 3.63) is 30.3 Å². The van der Waals surface area contributed by atoms with E-state index in [1.165, 1.54) is 0 Å². The van der Waals surface area contributed by atoms with Crippen molar-refractivity contribution in [2.75, 3.05) is 13.3 Å². The molecule has 0 amide bonds. The summed E-state index contributed by atoms with van der Waals surface area (Å²) < 4.78 is 27.9. The second kappa shape index (κ2) is 5.83. The van der Waals surface area contributed by atoms with Crippen LogP contribution in [0.1, 0.15) is 6.42 Å². The van der Waals surface area contributed by atoms with E-state index >= 15 is 0 Å². The van der Waals surface area contributed by atoms with Crippen molar-refractivity contribution in [2.45, 2.75) is 11.3 Å². The number of hydrogen-bond donors (Lipinski definition) is 0. The van der Waals surface area contributed by atoms with Crippen LogP contribution in [0.4, 0.5) is 4.39 Å². The minimum absolute atomic E-state index is 0.192. The minimum Gasteiger partial charge on any atom is -0.287 e. The van der Waals surface area contributed by atoms with Crippen LogP contribution in [0, 0.1) is 0 Å².